The molecular formula is C14H26N2. The van der Waals surface area contributed by atoms with Gasteiger partial charge in [0.1, 0.15) is 0 Å². The van der Waals surface area contributed by atoms with Crippen LogP contribution in [0.5, 0.6) is 0 Å². The zero-order chi connectivity index (χ0) is 11.1. The highest BCUT2D eigenvalue weighted by atomic mass is 14.9. The smallest absolute Gasteiger partial charge is 0.0256 e. The first kappa shape index (κ1) is 11.8. The second-order valence-corrected chi connectivity index (χ2v) is 5.34. The van der Waals surface area contributed by atoms with E-state index < -0.39 is 0 Å². The zero-order valence-corrected chi connectivity index (χ0v) is 10.4. The van der Waals surface area contributed by atoms with Crippen molar-refractivity contribution >= 4 is 0 Å². The largest absolute Gasteiger partial charge is 0.387 e. The molecule has 2 aliphatic rings. The Morgan fingerprint density at radius 3 is 1.31 bits per heavy atom. The molecule has 2 nitrogen and oxygen atoms in total. The van der Waals surface area contributed by atoms with E-state index in [4.69, 9.17) is 0 Å². The first-order chi connectivity index (χ1) is 7.95. The van der Waals surface area contributed by atoms with Crippen molar-refractivity contribution in [2.24, 2.45) is 0 Å². The molecule has 2 rings (SSSR count). The minimum absolute atomic E-state index is 0.734. The van der Waals surface area contributed by atoms with Gasteiger partial charge in [0.2, 0.25) is 0 Å². The molecule has 2 N–H and O–H groups in total. The summed E-state index contributed by atoms with van der Waals surface area (Å²) in [6.07, 6.45) is 18.2. The van der Waals surface area contributed by atoms with E-state index in [1.807, 2.05) is 0 Å². The van der Waals surface area contributed by atoms with Crippen molar-refractivity contribution in [3.05, 3.63) is 12.4 Å². The molecule has 0 bridgehead atoms. The normalized spacial score (nSPS) is 24.8. The summed E-state index contributed by atoms with van der Waals surface area (Å²) in [6, 6.07) is 1.47. The van der Waals surface area contributed by atoms with Gasteiger partial charge >= 0.3 is 0 Å². The maximum atomic E-state index is 3.52. The molecule has 92 valence electrons. The third-order valence-corrected chi connectivity index (χ3v) is 3.96. The summed E-state index contributed by atoms with van der Waals surface area (Å²) in [6.45, 7) is 0. The summed E-state index contributed by atoms with van der Waals surface area (Å²) < 4.78 is 0. The van der Waals surface area contributed by atoms with Gasteiger partial charge < -0.3 is 10.6 Å². The lowest BCUT2D eigenvalue weighted by Crippen LogP contribution is -2.29. The van der Waals surface area contributed by atoms with E-state index in [1.165, 1.54) is 64.2 Å². The standard InChI is InChI=1S/C14H26N2/c1-3-7-13(8-4-1)15-11-12-16-14-9-5-2-6-10-14/h11-16H,1-10H2. The summed E-state index contributed by atoms with van der Waals surface area (Å²) in [4.78, 5) is 0. The van der Waals surface area contributed by atoms with Crippen LogP contribution in [0.15, 0.2) is 12.4 Å². The highest BCUT2D eigenvalue weighted by Crippen LogP contribution is 2.18. The monoisotopic (exact) mass is 222 g/mol. The van der Waals surface area contributed by atoms with Crippen LogP contribution in [0.4, 0.5) is 0 Å². The van der Waals surface area contributed by atoms with E-state index in [1.54, 1.807) is 0 Å². The van der Waals surface area contributed by atoms with Gasteiger partial charge in [-0.3, -0.25) is 0 Å². The molecule has 0 aromatic heterocycles. The molecule has 0 heterocycles. The van der Waals surface area contributed by atoms with Crippen LogP contribution in [0.3, 0.4) is 0 Å². The maximum absolute atomic E-state index is 3.52. The molecule has 0 unspecified atom stereocenters. The summed E-state index contributed by atoms with van der Waals surface area (Å²) >= 11 is 0. The summed E-state index contributed by atoms with van der Waals surface area (Å²) in [5.74, 6) is 0. The topological polar surface area (TPSA) is 24.1 Å². The predicted molar refractivity (Wildman–Crippen MR) is 69.2 cm³/mol. The number of nitrogens with one attached hydrogen (secondary N) is 2. The highest BCUT2D eigenvalue weighted by Gasteiger charge is 2.12. The van der Waals surface area contributed by atoms with Crippen LogP contribution in [0, 0.1) is 0 Å². The van der Waals surface area contributed by atoms with Gasteiger partial charge in [-0.2, -0.15) is 0 Å². The van der Waals surface area contributed by atoms with Crippen LogP contribution in [0.1, 0.15) is 64.2 Å². The average molecular weight is 222 g/mol. The quantitative estimate of drug-likeness (QED) is 0.762. The number of hydrogen-bond donors (Lipinski definition) is 2. The fourth-order valence-corrected chi connectivity index (χ4v) is 2.91. The Bertz CT molecular complexity index is 179. The van der Waals surface area contributed by atoms with Crippen LogP contribution in [0.25, 0.3) is 0 Å². The molecule has 0 atom stereocenters. The molecule has 2 heteroatoms. The van der Waals surface area contributed by atoms with Crippen LogP contribution in [-0.4, -0.2) is 12.1 Å². The molecule has 0 saturated heterocycles. The Hall–Kier alpha value is -0.660. The Morgan fingerprint density at radius 2 is 0.938 bits per heavy atom. The SMILES string of the molecule is C(=CNC1CCCCC1)NC1CCCCC1. The van der Waals surface area contributed by atoms with E-state index in [-0.39, 0.29) is 0 Å². The van der Waals surface area contributed by atoms with Crippen LogP contribution in [0.2, 0.25) is 0 Å². The number of hydrogen-bond acceptors (Lipinski definition) is 2. The molecule has 0 aromatic rings. The first-order valence-corrected chi connectivity index (χ1v) is 7.12. The molecule has 2 fully saturated rings. The highest BCUT2D eigenvalue weighted by molar-refractivity contribution is 4.86. The third kappa shape index (κ3) is 4.07. The van der Waals surface area contributed by atoms with Gasteiger partial charge in [0, 0.05) is 24.5 Å². The Morgan fingerprint density at radius 1 is 0.562 bits per heavy atom. The van der Waals surface area contributed by atoms with Gasteiger partial charge in [0.05, 0.1) is 0 Å². The molecule has 0 amide bonds. The Labute approximate surface area is 99.9 Å². The summed E-state index contributed by atoms with van der Waals surface area (Å²) in [5, 5.41) is 7.04. The predicted octanol–water partition coefficient (Wildman–Crippen LogP) is 3.30. The van der Waals surface area contributed by atoms with Crippen molar-refractivity contribution in [2.45, 2.75) is 76.3 Å². The van der Waals surface area contributed by atoms with Gasteiger partial charge in [-0.15, -0.1) is 0 Å². The summed E-state index contributed by atoms with van der Waals surface area (Å²) in [7, 11) is 0. The van der Waals surface area contributed by atoms with E-state index in [0.717, 1.165) is 12.1 Å². The molecule has 0 aromatic carbocycles. The Balaban J connectivity index is 1.57. The molecule has 16 heavy (non-hydrogen) atoms. The van der Waals surface area contributed by atoms with Crippen molar-refractivity contribution in [2.75, 3.05) is 0 Å². The second kappa shape index (κ2) is 6.82. The molecule has 0 aliphatic heterocycles. The van der Waals surface area contributed by atoms with Crippen LogP contribution in [-0.2, 0) is 0 Å². The van der Waals surface area contributed by atoms with E-state index in [2.05, 4.69) is 23.0 Å². The van der Waals surface area contributed by atoms with Gasteiger partial charge in [-0.25, -0.2) is 0 Å². The molecular weight excluding hydrogens is 196 g/mol. The Kier molecular flexibility index (Phi) is 5.04. The van der Waals surface area contributed by atoms with Crippen molar-refractivity contribution in [1.29, 1.82) is 0 Å². The molecule has 2 aliphatic carbocycles. The van der Waals surface area contributed by atoms with Gasteiger partial charge in [-0.05, 0) is 25.7 Å². The minimum Gasteiger partial charge on any atom is -0.387 e. The molecule has 0 spiro atoms. The number of rotatable bonds is 4. The maximum Gasteiger partial charge on any atom is 0.0256 e. The molecule has 2 saturated carbocycles. The van der Waals surface area contributed by atoms with Gasteiger partial charge in [0.25, 0.3) is 0 Å². The first-order valence-electron chi connectivity index (χ1n) is 7.12. The minimum atomic E-state index is 0.734. The lowest BCUT2D eigenvalue weighted by atomic mass is 9.95. The van der Waals surface area contributed by atoms with E-state index in [9.17, 15) is 0 Å². The van der Waals surface area contributed by atoms with Crippen LogP contribution < -0.4 is 10.6 Å². The lowest BCUT2D eigenvalue weighted by molar-refractivity contribution is 0.395. The lowest BCUT2D eigenvalue weighted by Gasteiger charge is -2.23. The van der Waals surface area contributed by atoms with Crippen molar-refractivity contribution in [3.8, 4) is 0 Å². The van der Waals surface area contributed by atoms with Crippen molar-refractivity contribution < 1.29 is 0 Å². The average Bonchev–Trinajstić information content (AvgIpc) is 2.37. The second-order valence-electron chi connectivity index (χ2n) is 5.34. The molecule has 0 radical (unpaired) electrons. The van der Waals surface area contributed by atoms with E-state index >= 15 is 0 Å². The van der Waals surface area contributed by atoms with Crippen molar-refractivity contribution in [1.82, 2.24) is 10.6 Å². The van der Waals surface area contributed by atoms with E-state index in [0.29, 0.717) is 0 Å². The van der Waals surface area contributed by atoms with Crippen LogP contribution >= 0.6 is 0 Å². The zero-order valence-electron chi connectivity index (χ0n) is 10.4. The van der Waals surface area contributed by atoms with Crippen molar-refractivity contribution in [3.63, 3.8) is 0 Å². The fraction of sp³-hybridized carbons (Fsp3) is 0.857. The van der Waals surface area contributed by atoms with Gasteiger partial charge in [0.15, 0.2) is 0 Å². The van der Waals surface area contributed by atoms with Gasteiger partial charge in [-0.1, -0.05) is 38.5 Å². The third-order valence-electron chi connectivity index (χ3n) is 3.96. The fourth-order valence-electron chi connectivity index (χ4n) is 2.91. The summed E-state index contributed by atoms with van der Waals surface area (Å²) in [5.41, 5.74) is 0.